The van der Waals surface area contributed by atoms with Crippen molar-refractivity contribution in [2.24, 2.45) is 11.1 Å². The van der Waals surface area contributed by atoms with Crippen molar-refractivity contribution in [3.63, 3.8) is 0 Å². The first-order valence-electron chi connectivity index (χ1n) is 9.17. The first kappa shape index (κ1) is 15.8. The smallest absolute Gasteiger partial charge is 0.0336 e. The second kappa shape index (κ2) is 5.82. The minimum atomic E-state index is 0.290. The van der Waals surface area contributed by atoms with E-state index in [9.17, 15) is 0 Å². The zero-order chi connectivity index (χ0) is 15.1. The molecule has 2 heterocycles. The maximum Gasteiger partial charge on any atom is 0.0336 e. The topological polar surface area (TPSA) is 32.5 Å². The minimum Gasteiger partial charge on any atom is -0.329 e. The van der Waals surface area contributed by atoms with Gasteiger partial charge < -0.3 is 5.73 Å². The van der Waals surface area contributed by atoms with Crippen LogP contribution in [0.1, 0.15) is 65.7 Å². The molecule has 2 aliphatic heterocycles. The monoisotopic (exact) mass is 293 g/mol. The Morgan fingerprint density at radius 2 is 1.76 bits per heavy atom. The van der Waals surface area contributed by atoms with Gasteiger partial charge in [0.05, 0.1) is 0 Å². The van der Waals surface area contributed by atoms with Gasteiger partial charge in [-0.1, -0.05) is 20.3 Å². The summed E-state index contributed by atoms with van der Waals surface area (Å²) >= 11 is 0. The summed E-state index contributed by atoms with van der Waals surface area (Å²) in [6.45, 7) is 12.0. The Morgan fingerprint density at radius 3 is 2.43 bits per heavy atom. The van der Waals surface area contributed by atoms with E-state index in [-0.39, 0.29) is 0 Å². The van der Waals surface area contributed by atoms with E-state index in [1.165, 1.54) is 64.6 Å². The molecule has 3 nitrogen and oxygen atoms in total. The normalized spacial score (nSPS) is 37.1. The maximum absolute atomic E-state index is 6.33. The maximum atomic E-state index is 6.33. The molecule has 3 aliphatic rings. The van der Waals surface area contributed by atoms with Crippen LogP contribution in [0.15, 0.2) is 0 Å². The Labute approximate surface area is 131 Å². The Balaban J connectivity index is 1.74. The molecule has 3 rings (SSSR count). The fraction of sp³-hybridized carbons (Fsp3) is 1.00. The molecule has 0 amide bonds. The molecule has 3 fully saturated rings. The van der Waals surface area contributed by atoms with Crippen LogP contribution in [0.5, 0.6) is 0 Å². The lowest BCUT2D eigenvalue weighted by molar-refractivity contribution is -0.0691. The number of nitrogens with two attached hydrogens (primary N) is 1. The van der Waals surface area contributed by atoms with Gasteiger partial charge in [-0.3, -0.25) is 9.80 Å². The predicted molar refractivity (Wildman–Crippen MR) is 89.4 cm³/mol. The van der Waals surface area contributed by atoms with E-state index in [2.05, 4.69) is 30.6 Å². The highest BCUT2D eigenvalue weighted by atomic mass is 15.3. The standard InChI is InChI=1S/C18H35N3/c1-15-12-20-11-5-4-6-16(20)13-21(15)18(14-19)9-7-17(2,3)8-10-18/h15-16H,4-14,19H2,1-3H3. The summed E-state index contributed by atoms with van der Waals surface area (Å²) in [5.41, 5.74) is 7.15. The van der Waals surface area contributed by atoms with Crippen LogP contribution >= 0.6 is 0 Å². The van der Waals surface area contributed by atoms with Crippen LogP contribution in [-0.2, 0) is 0 Å². The number of fused-ring (bicyclic) bond motifs is 1. The molecule has 0 aromatic heterocycles. The van der Waals surface area contributed by atoms with Crippen LogP contribution in [0.25, 0.3) is 0 Å². The summed E-state index contributed by atoms with van der Waals surface area (Å²) < 4.78 is 0. The van der Waals surface area contributed by atoms with E-state index >= 15 is 0 Å². The van der Waals surface area contributed by atoms with E-state index in [4.69, 9.17) is 5.73 Å². The van der Waals surface area contributed by atoms with Crippen molar-refractivity contribution in [2.75, 3.05) is 26.2 Å². The Morgan fingerprint density at radius 1 is 1.05 bits per heavy atom. The van der Waals surface area contributed by atoms with Crippen LogP contribution in [-0.4, -0.2) is 53.6 Å². The largest absolute Gasteiger partial charge is 0.329 e. The van der Waals surface area contributed by atoms with Gasteiger partial charge in [-0.2, -0.15) is 0 Å². The van der Waals surface area contributed by atoms with E-state index in [0.29, 0.717) is 17.0 Å². The van der Waals surface area contributed by atoms with Crippen LogP contribution in [0, 0.1) is 5.41 Å². The zero-order valence-corrected chi connectivity index (χ0v) is 14.4. The highest BCUT2D eigenvalue weighted by molar-refractivity contribution is 5.03. The number of piperidine rings is 1. The molecule has 0 bridgehead atoms. The van der Waals surface area contributed by atoms with Crippen molar-refractivity contribution in [1.29, 1.82) is 0 Å². The summed E-state index contributed by atoms with van der Waals surface area (Å²) in [7, 11) is 0. The number of hydrogen-bond acceptors (Lipinski definition) is 3. The van der Waals surface area contributed by atoms with Crippen molar-refractivity contribution in [3.8, 4) is 0 Å². The summed E-state index contributed by atoms with van der Waals surface area (Å²) in [4.78, 5) is 5.58. The number of hydrogen-bond donors (Lipinski definition) is 1. The molecule has 2 saturated heterocycles. The average molecular weight is 293 g/mol. The zero-order valence-electron chi connectivity index (χ0n) is 14.4. The van der Waals surface area contributed by atoms with E-state index in [1.54, 1.807) is 0 Å². The second-order valence-electron chi connectivity index (χ2n) is 8.74. The lowest BCUT2D eigenvalue weighted by Gasteiger charge is -2.57. The molecule has 0 radical (unpaired) electrons. The first-order valence-corrected chi connectivity index (χ1v) is 9.17. The van der Waals surface area contributed by atoms with E-state index in [0.717, 1.165) is 12.6 Å². The van der Waals surface area contributed by atoms with Gasteiger partial charge in [0.15, 0.2) is 0 Å². The lowest BCUT2D eigenvalue weighted by Crippen LogP contribution is -2.68. The van der Waals surface area contributed by atoms with Gasteiger partial charge in [-0.25, -0.2) is 0 Å². The van der Waals surface area contributed by atoms with Gasteiger partial charge in [0, 0.05) is 37.3 Å². The van der Waals surface area contributed by atoms with Crippen LogP contribution in [0.3, 0.4) is 0 Å². The fourth-order valence-corrected chi connectivity index (χ4v) is 5.01. The molecule has 2 unspecified atom stereocenters. The van der Waals surface area contributed by atoms with Gasteiger partial charge in [-0.05, 0) is 57.4 Å². The molecule has 21 heavy (non-hydrogen) atoms. The predicted octanol–water partition coefficient (Wildman–Crippen LogP) is 2.84. The van der Waals surface area contributed by atoms with Gasteiger partial charge in [0.2, 0.25) is 0 Å². The Hall–Kier alpha value is -0.120. The second-order valence-corrected chi connectivity index (χ2v) is 8.74. The van der Waals surface area contributed by atoms with Gasteiger partial charge >= 0.3 is 0 Å². The highest BCUT2D eigenvalue weighted by Gasteiger charge is 2.46. The summed E-state index contributed by atoms with van der Waals surface area (Å²) in [5, 5.41) is 0. The van der Waals surface area contributed by atoms with Gasteiger partial charge in [0.1, 0.15) is 0 Å². The molecule has 122 valence electrons. The summed E-state index contributed by atoms with van der Waals surface area (Å²) in [6.07, 6.45) is 9.49. The van der Waals surface area contributed by atoms with Crippen molar-refractivity contribution in [1.82, 2.24) is 9.80 Å². The number of rotatable bonds is 2. The van der Waals surface area contributed by atoms with Crippen molar-refractivity contribution in [3.05, 3.63) is 0 Å². The molecular weight excluding hydrogens is 258 g/mol. The number of piperazine rings is 1. The SMILES string of the molecule is CC1CN2CCCCC2CN1C1(CN)CCC(C)(C)CC1. The molecule has 0 aromatic rings. The molecule has 1 aliphatic carbocycles. The number of nitrogens with zero attached hydrogens (tertiary/aromatic N) is 2. The van der Waals surface area contributed by atoms with Crippen molar-refractivity contribution < 1.29 is 0 Å². The molecule has 1 saturated carbocycles. The van der Waals surface area contributed by atoms with Gasteiger partial charge in [-0.15, -0.1) is 0 Å². The average Bonchev–Trinajstić information content (AvgIpc) is 2.47. The molecular formula is C18H35N3. The van der Waals surface area contributed by atoms with Crippen molar-refractivity contribution in [2.45, 2.75) is 83.3 Å². The van der Waals surface area contributed by atoms with Crippen LogP contribution < -0.4 is 5.73 Å². The third-order valence-corrected chi connectivity index (χ3v) is 6.71. The first-order chi connectivity index (χ1) is 9.96. The summed E-state index contributed by atoms with van der Waals surface area (Å²) in [5.74, 6) is 0. The molecule has 0 spiro atoms. The van der Waals surface area contributed by atoms with Crippen molar-refractivity contribution >= 4 is 0 Å². The van der Waals surface area contributed by atoms with E-state index in [1.807, 2.05) is 0 Å². The molecule has 3 heteroatoms. The fourth-order valence-electron chi connectivity index (χ4n) is 5.01. The third-order valence-electron chi connectivity index (χ3n) is 6.71. The van der Waals surface area contributed by atoms with E-state index < -0.39 is 0 Å². The minimum absolute atomic E-state index is 0.290. The van der Waals surface area contributed by atoms with Crippen LogP contribution in [0.4, 0.5) is 0 Å². The third kappa shape index (κ3) is 3.02. The van der Waals surface area contributed by atoms with Crippen LogP contribution in [0.2, 0.25) is 0 Å². The van der Waals surface area contributed by atoms with Gasteiger partial charge in [0.25, 0.3) is 0 Å². The Kier molecular flexibility index (Phi) is 4.37. The molecule has 0 aromatic carbocycles. The summed E-state index contributed by atoms with van der Waals surface area (Å²) in [6, 6.07) is 1.47. The Bertz CT molecular complexity index is 355. The highest BCUT2D eigenvalue weighted by Crippen LogP contribution is 2.44. The lowest BCUT2D eigenvalue weighted by atomic mass is 9.68. The quantitative estimate of drug-likeness (QED) is 0.850. The molecule has 2 atom stereocenters. The molecule has 2 N–H and O–H groups in total.